The molecule has 0 spiro atoms. The monoisotopic (exact) mass is 199 g/mol. The molecule has 2 atom stereocenters. The molecule has 0 aromatic heterocycles. The van der Waals surface area contributed by atoms with Crippen LogP contribution in [-0.4, -0.2) is 25.0 Å². The van der Waals surface area contributed by atoms with Crippen molar-refractivity contribution >= 4 is 0 Å². The van der Waals surface area contributed by atoms with Crippen molar-refractivity contribution in [2.75, 3.05) is 20.1 Å². The Bertz CT molecular complexity index is 122. The van der Waals surface area contributed by atoms with Gasteiger partial charge in [0, 0.05) is 0 Å². The summed E-state index contributed by atoms with van der Waals surface area (Å²) in [4.78, 5) is 2.42. The Balaban J connectivity index is 3.83. The SMILES string of the molecule is CCCC(CCN(C)CC)[C@@H](C)CC. The quantitative estimate of drug-likeness (QED) is 0.575. The molecule has 86 valence electrons. The van der Waals surface area contributed by atoms with Gasteiger partial charge in [-0.25, -0.2) is 0 Å². The van der Waals surface area contributed by atoms with Gasteiger partial charge in [-0.1, -0.05) is 47.0 Å². The average molecular weight is 199 g/mol. The fraction of sp³-hybridized carbons (Fsp3) is 1.00. The first-order valence-corrected chi connectivity index (χ1v) is 6.34. The van der Waals surface area contributed by atoms with Gasteiger partial charge in [0.05, 0.1) is 0 Å². The molecular formula is C13H29N. The topological polar surface area (TPSA) is 3.24 Å². The zero-order valence-electron chi connectivity index (χ0n) is 10.8. The second kappa shape index (κ2) is 8.28. The van der Waals surface area contributed by atoms with Crippen LogP contribution in [0.15, 0.2) is 0 Å². The lowest BCUT2D eigenvalue weighted by Gasteiger charge is -2.25. The third kappa shape index (κ3) is 5.64. The molecule has 0 aromatic carbocycles. The van der Waals surface area contributed by atoms with E-state index in [9.17, 15) is 0 Å². The zero-order valence-corrected chi connectivity index (χ0v) is 10.8. The van der Waals surface area contributed by atoms with Gasteiger partial charge >= 0.3 is 0 Å². The van der Waals surface area contributed by atoms with Crippen molar-refractivity contribution in [1.82, 2.24) is 4.90 Å². The summed E-state index contributed by atoms with van der Waals surface area (Å²) in [6.07, 6.45) is 5.46. The molecule has 0 amide bonds. The Labute approximate surface area is 90.9 Å². The predicted molar refractivity (Wildman–Crippen MR) is 65.6 cm³/mol. The molecule has 0 N–H and O–H groups in total. The highest BCUT2D eigenvalue weighted by Crippen LogP contribution is 2.23. The highest BCUT2D eigenvalue weighted by Gasteiger charge is 2.14. The number of hydrogen-bond donors (Lipinski definition) is 0. The summed E-state index contributed by atoms with van der Waals surface area (Å²) in [5.74, 6) is 1.85. The number of hydrogen-bond acceptors (Lipinski definition) is 1. The third-order valence-corrected chi connectivity index (χ3v) is 3.53. The van der Waals surface area contributed by atoms with Crippen molar-refractivity contribution in [1.29, 1.82) is 0 Å². The molecule has 1 unspecified atom stereocenters. The fourth-order valence-corrected chi connectivity index (χ4v) is 1.96. The van der Waals surface area contributed by atoms with Gasteiger partial charge in [-0.15, -0.1) is 0 Å². The van der Waals surface area contributed by atoms with Gasteiger partial charge in [0.25, 0.3) is 0 Å². The second-order valence-corrected chi connectivity index (χ2v) is 4.62. The van der Waals surface area contributed by atoms with Crippen molar-refractivity contribution in [2.24, 2.45) is 11.8 Å². The van der Waals surface area contributed by atoms with Crippen molar-refractivity contribution in [3.05, 3.63) is 0 Å². The van der Waals surface area contributed by atoms with E-state index in [2.05, 4.69) is 39.6 Å². The highest BCUT2D eigenvalue weighted by molar-refractivity contribution is 4.66. The fourth-order valence-electron chi connectivity index (χ4n) is 1.96. The molecule has 0 aliphatic carbocycles. The van der Waals surface area contributed by atoms with Crippen LogP contribution in [0.5, 0.6) is 0 Å². The molecule has 0 aliphatic heterocycles. The normalized spacial score (nSPS) is 15.9. The smallest absolute Gasteiger partial charge is 0.00192 e. The molecule has 0 saturated carbocycles. The summed E-state index contributed by atoms with van der Waals surface area (Å²) in [7, 11) is 2.22. The molecule has 0 rings (SSSR count). The molecule has 0 saturated heterocycles. The minimum Gasteiger partial charge on any atom is -0.307 e. The van der Waals surface area contributed by atoms with Crippen LogP contribution in [0.3, 0.4) is 0 Å². The summed E-state index contributed by atoms with van der Waals surface area (Å²) in [5, 5.41) is 0. The molecule has 0 heterocycles. The van der Waals surface area contributed by atoms with Crippen molar-refractivity contribution < 1.29 is 0 Å². The first kappa shape index (κ1) is 14.0. The summed E-state index contributed by atoms with van der Waals surface area (Å²) in [6, 6.07) is 0. The molecular weight excluding hydrogens is 170 g/mol. The zero-order chi connectivity index (χ0) is 11.0. The Kier molecular flexibility index (Phi) is 8.26. The van der Waals surface area contributed by atoms with E-state index in [1.54, 1.807) is 0 Å². The minimum atomic E-state index is 0.903. The molecule has 0 radical (unpaired) electrons. The Hall–Kier alpha value is -0.0400. The maximum atomic E-state index is 2.42. The van der Waals surface area contributed by atoms with Crippen LogP contribution in [-0.2, 0) is 0 Å². The second-order valence-electron chi connectivity index (χ2n) is 4.62. The average Bonchev–Trinajstić information content (AvgIpc) is 2.22. The van der Waals surface area contributed by atoms with Gasteiger partial charge in [-0.2, -0.15) is 0 Å². The first-order valence-electron chi connectivity index (χ1n) is 6.34. The Morgan fingerprint density at radius 1 is 1.07 bits per heavy atom. The third-order valence-electron chi connectivity index (χ3n) is 3.53. The summed E-state index contributed by atoms with van der Waals surface area (Å²) in [6.45, 7) is 11.7. The van der Waals surface area contributed by atoms with Crippen LogP contribution in [0.4, 0.5) is 0 Å². The lowest BCUT2D eigenvalue weighted by molar-refractivity contribution is 0.251. The molecule has 0 fully saturated rings. The van der Waals surface area contributed by atoms with Crippen LogP contribution in [0, 0.1) is 11.8 Å². The van der Waals surface area contributed by atoms with Crippen LogP contribution in [0.25, 0.3) is 0 Å². The summed E-state index contributed by atoms with van der Waals surface area (Å²) < 4.78 is 0. The first-order chi connectivity index (χ1) is 6.65. The van der Waals surface area contributed by atoms with E-state index >= 15 is 0 Å². The van der Waals surface area contributed by atoms with Crippen LogP contribution < -0.4 is 0 Å². The van der Waals surface area contributed by atoms with Crippen LogP contribution in [0.1, 0.15) is 53.4 Å². The van der Waals surface area contributed by atoms with E-state index in [1.807, 2.05) is 0 Å². The molecule has 0 aromatic rings. The lowest BCUT2D eigenvalue weighted by atomic mass is 9.85. The van der Waals surface area contributed by atoms with Gasteiger partial charge in [-0.05, 0) is 38.4 Å². The molecule has 1 nitrogen and oxygen atoms in total. The van der Waals surface area contributed by atoms with Crippen molar-refractivity contribution in [3.63, 3.8) is 0 Å². The largest absolute Gasteiger partial charge is 0.307 e. The van der Waals surface area contributed by atoms with Gasteiger partial charge in [-0.3, -0.25) is 0 Å². The van der Waals surface area contributed by atoms with Crippen molar-refractivity contribution in [3.8, 4) is 0 Å². The lowest BCUT2D eigenvalue weighted by Crippen LogP contribution is -2.23. The van der Waals surface area contributed by atoms with Gasteiger partial charge in [0.2, 0.25) is 0 Å². The van der Waals surface area contributed by atoms with E-state index in [0.29, 0.717) is 0 Å². The summed E-state index contributed by atoms with van der Waals surface area (Å²) in [5.41, 5.74) is 0. The Morgan fingerprint density at radius 3 is 2.14 bits per heavy atom. The maximum absolute atomic E-state index is 2.42. The highest BCUT2D eigenvalue weighted by atomic mass is 15.1. The summed E-state index contributed by atoms with van der Waals surface area (Å²) >= 11 is 0. The maximum Gasteiger partial charge on any atom is -0.00192 e. The van der Waals surface area contributed by atoms with Gasteiger partial charge in [0.1, 0.15) is 0 Å². The molecule has 14 heavy (non-hydrogen) atoms. The molecule has 1 heteroatoms. The molecule has 0 bridgehead atoms. The van der Waals surface area contributed by atoms with E-state index in [-0.39, 0.29) is 0 Å². The van der Waals surface area contributed by atoms with E-state index in [4.69, 9.17) is 0 Å². The standard InChI is InChI=1S/C13H29N/c1-6-9-13(12(4)7-2)10-11-14(5)8-3/h12-13H,6-11H2,1-5H3/t12-,13?/m0/s1. The van der Waals surface area contributed by atoms with E-state index < -0.39 is 0 Å². The van der Waals surface area contributed by atoms with Crippen molar-refractivity contribution in [2.45, 2.75) is 53.4 Å². The van der Waals surface area contributed by atoms with Crippen LogP contribution in [0.2, 0.25) is 0 Å². The van der Waals surface area contributed by atoms with Gasteiger partial charge in [0.15, 0.2) is 0 Å². The predicted octanol–water partition coefficient (Wildman–Crippen LogP) is 3.79. The molecule has 0 aliphatic rings. The van der Waals surface area contributed by atoms with E-state index in [0.717, 1.165) is 11.8 Å². The number of nitrogens with zero attached hydrogens (tertiary/aromatic N) is 1. The van der Waals surface area contributed by atoms with Crippen LogP contribution >= 0.6 is 0 Å². The Morgan fingerprint density at radius 2 is 1.71 bits per heavy atom. The number of rotatable bonds is 8. The van der Waals surface area contributed by atoms with Gasteiger partial charge < -0.3 is 4.90 Å². The van der Waals surface area contributed by atoms with E-state index in [1.165, 1.54) is 38.8 Å². The minimum absolute atomic E-state index is 0.903.